The van der Waals surface area contributed by atoms with Crippen LogP contribution in [0.5, 0.6) is 0 Å². The molecule has 33 heavy (non-hydrogen) atoms. The molecule has 1 aliphatic heterocycles. The van der Waals surface area contributed by atoms with Crippen LogP contribution in [0.1, 0.15) is 40.1 Å². The van der Waals surface area contributed by atoms with Crippen LogP contribution in [0.15, 0.2) is 41.6 Å². The number of alkyl halides is 2. The number of nitrogens with zero attached hydrogens (tertiary/aromatic N) is 6. The van der Waals surface area contributed by atoms with Crippen molar-refractivity contribution in [2.75, 3.05) is 11.4 Å². The Balaban J connectivity index is 1.56. The van der Waals surface area contributed by atoms with Crippen LogP contribution in [0.3, 0.4) is 0 Å². The first-order chi connectivity index (χ1) is 15.8. The highest BCUT2D eigenvalue weighted by molar-refractivity contribution is 5.67. The van der Waals surface area contributed by atoms with Gasteiger partial charge in [-0.3, -0.25) is 14.8 Å². The Morgan fingerprint density at radius 3 is 2.67 bits per heavy atom. The molecule has 0 bridgehead atoms. The molecule has 0 aromatic carbocycles. The van der Waals surface area contributed by atoms with Gasteiger partial charge >= 0.3 is 0 Å². The summed E-state index contributed by atoms with van der Waals surface area (Å²) >= 11 is 0. The molecule has 4 aromatic heterocycles. The lowest BCUT2D eigenvalue weighted by Gasteiger charge is -2.31. The van der Waals surface area contributed by atoms with E-state index in [4.69, 9.17) is 4.98 Å². The third kappa shape index (κ3) is 3.63. The Hall–Kier alpha value is -3.75. The maximum absolute atomic E-state index is 13.1. The third-order valence-corrected chi connectivity index (χ3v) is 6.24. The van der Waals surface area contributed by atoms with Gasteiger partial charge < -0.3 is 4.90 Å². The highest BCUT2D eigenvalue weighted by Crippen LogP contribution is 2.30. The number of hydrogen-bond donors (Lipinski definition) is 0. The highest BCUT2D eigenvalue weighted by Gasteiger charge is 2.24. The predicted octanol–water partition coefficient (Wildman–Crippen LogP) is 3.97. The average molecular weight is 448 g/mol. The van der Waals surface area contributed by atoms with E-state index in [1.807, 2.05) is 32.3 Å². The fraction of sp³-hybridized carbons (Fsp3) is 0.292. The molecule has 5 heterocycles. The monoisotopic (exact) mass is 448 g/mol. The maximum Gasteiger partial charge on any atom is 0.280 e. The van der Waals surface area contributed by atoms with Crippen LogP contribution in [-0.2, 0) is 13.0 Å². The second-order valence-electron chi connectivity index (χ2n) is 8.32. The molecule has 0 unspecified atom stereocenters. The number of anilines is 1. The highest BCUT2D eigenvalue weighted by atomic mass is 19.3. The molecular formula is C24H22F2N6O. The fourth-order valence-corrected chi connectivity index (χ4v) is 4.30. The lowest BCUT2D eigenvalue weighted by Crippen LogP contribution is -2.34. The smallest absolute Gasteiger partial charge is 0.280 e. The lowest BCUT2D eigenvalue weighted by molar-refractivity contribution is 0.146. The van der Waals surface area contributed by atoms with Crippen LogP contribution in [0.4, 0.5) is 14.6 Å². The summed E-state index contributed by atoms with van der Waals surface area (Å²) in [5.41, 5.74) is 5.79. The molecule has 0 N–H and O–H groups in total. The minimum absolute atomic E-state index is 0.161. The molecule has 0 fully saturated rings. The third-order valence-electron chi connectivity index (χ3n) is 6.24. The first-order valence-electron chi connectivity index (χ1n) is 10.7. The van der Waals surface area contributed by atoms with Crippen LogP contribution < -0.4 is 10.5 Å². The van der Waals surface area contributed by atoms with E-state index in [2.05, 4.69) is 26.0 Å². The largest absolute Gasteiger partial charge is 0.350 e. The fourth-order valence-electron chi connectivity index (χ4n) is 4.30. The van der Waals surface area contributed by atoms with Gasteiger partial charge in [0.15, 0.2) is 11.5 Å². The molecule has 0 spiro atoms. The van der Waals surface area contributed by atoms with Gasteiger partial charge in [0.05, 0.1) is 0 Å². The molecule has 0 atom stereocenters. The summed E-state index contributed by atoms with van der Waals surface area (Å²) in [7, 11) is 0. The topological polar surface area (TPSA) is 76.3 Å². The summed E-state index contributed by atoms with van der Waals surface area (Å²) in [6.45, 7) is 6.94. The van der Waals surface area contributed by atoms with Crippen molar-refractivity contribution in [3.63, 3.8) is 0 Å². The van der Waals surface area contributed by atoms with E-state index in [9.17, 15) is 13.6 Å². The maximum atomic E-state index is 13.1. The molecule has 5 rings (SSSR count). The van der Waals surface area contributed by atoms with Gasteiger partial charge in [-0.25, -0.2) is 13.8 Å². The summed E-state index contributed by atoms with van der Waals surface area (Å²) in [6, 6.07) is 4.97. The van der Waals surface area contributed by atoms with Crippen molar-refractivity contribution in [1.82, 2.24) is 24.6 Å². The molecule has 0 radical (unpaired) electrons. The van der Waals surface area contributed by atoms with Crippen LogP contribution in [0.2, 0.25) is 0 Å². The molecule has 4 aromatic rings. The van der Waals surface area contributed by atoms with E-state index in [0.717, 1.165) is 50.5 Å². The zero-order chi connectivity index (χ0) is 23.3. The second kappa shape index (κ2) is 7.99. The van der Waals surface area contributed by atoms with Crippen molar-refractivity contribution in [3.05, 3.63) is 80.8 Å². The van der Waals surface area contributed by atoms with Crippen molar-refractivity contribution >= 4 is 11.5 Å². The van der Waals surface area contributed by atoms with E-state index >= 15 is 0 Å². The molecule has 0 aliphatic carbocycles. The van der Waals surface area contributed by atoms with Gasteiger partial charge in [0.25, 0.3) is 12.0 Å². The molecule has 7 nitrogen and oxygen atoms in total. The van der Waals surface area contributed by atoms with Gasteiger partial charge in [0, 0.05) is 66.6 Å². The standard InChI is InChI=1S/C24H22F2N6O/c1-13-10-27-6-4-18(13)16-8-17-12-31(7-5-19(17)28-11-16)24-15(3)14(2)23-29-20(22(25)26)9-21(33)32(23)30-24/h4,6,8-11,22H,5,7,12H2,1-3H3. The summed E-state index contributed by atoms with van der Waals surface area (Å²) < 4.78 is 27.4. The first kappa shape index (κ1) is 21.1. The van der Waals surface area contributed by atoms with E-state index < -0.39 is 17.7 Å². The van der Waals surface area contributed by atoms with Gasteiger partial charge in [0.1, 0.15) is 5.69 Å². The van der Waals surface area contributed by atoms with Crippen LogP contribution in [0.25, 0.3) is 16.8 Å². The molecule has 168 valence electrons. The minimum Gasteiger partial charge on any atom is -0.350 e. The molecule has 9 heteroatoms. The van der Waals surface area contributed by atoms with E-state index in [1.165, 1.54) is 0 Å². The van der Waals surface area contributed by atoms with Crippen molar-refractivity contribution < 1.29 is 8.78 Å². The zero-order valence-electron chi connectivity index (χ0n) is 18.5. The van der Waals surface area contributed by atoms with Gasteiger partial charge in [-0.1, -0.05) is 0 Å². The van der Waals surface area contributed by atoms with Crippen molar-refractivity contribution in [2.45, 2.75) is 40.2 Å². The van der Waals surface area contributed by atoms with Gasteiger partial charge in [-0.05, 0) is 49.6 Å². The number of pyridine rings is 2. The molecule has 0 saturated carbocycles. The SMILES string of the molecule is Cc1cnccc1-c1cnc2c(c1)CN(c1nn3c(=O)cc(C(F)F)nc3c(C)c1C)CC2. The van der Waals surface area contributed by atoms with Crippen LogP contribution >= 0.6 is 0 Å². The normalized spacial score (nSPS) is 13.6. The number of hydrogen-bond acceptors (Lipinski definition) is 6. The summed E-state index contributed by atoms with van der Waals surface area (Å²) in [5.74, 6) is 0.643. The zero-order valence-corrected chi connectivity index (χ0v) is 18.5. The Morgan fingerprint density at radius 2 is 1.91 bits per heavy atom. The first-order valence-corrected chi connectivity index (χ1v) is 10.7. The lowest BCUT2D eigenvalue weighted by atomic mass is 9.98. The van der Waals surface area contributed by atoms with E-state index in [1.54, 1.807) is 13.1 Å². The van der Waals surface area contributed by atoms with Gasteiger partial charge in [-0.15, -0.1) is 5.10 Å². The van der Waals surface area contributed by atoms with E-state index in [0.29, 0.717) is 24.5 Å². The van der Waals surface area contributed by atoms with Crippen LogP contribution in [0, 0.1) is 20.8 Å². The molecule has 0 amide bonds. The number of fused-ring (bicyclic) bond motifs is 2. The van der Waals surface area contributed by atoms with Gasteiger partial charge in [0.2, 0.25) is 0 Å². The molecule has 0 saturated heterocycles. The number of aryl methyl sites for hydroxylation is 2. The Bertz CT molecular complexity index is 1450. The second-order valence-corrected chi connectivity index (χ2v) is 8.32. The molecule has 1 aliphatic rings. The average Bonchev–Trinajstić information content (AvgIpc) is 2.81. The Labute approximate surface area is 188 Å². The predicted molar refractivity (Wildman–Crippen MR) is 121 cm³/mol. The van der Waals surface area contributed by atoms with Crippen molar-refractivity contribution in [1.29, 1.82) is 0 Å². The Morgan fingerprint density at radius 1 is 1.09 bits per heavy atom. The van der Waals surface area contributed by atoms with Gasteiger partial charge in [-0.2, -0.15) is 4.52 Å². The van der Waals surface area contributed by atoms with Crippen molar-refractivity contribution in [3.8, 4) is 11.1 Å². The number of aromatic nitrogens is 5. The van der Waals surface area contributed by atoms with Crippen molar-refractivity contribution in [2.24, 2.45) is 0 Å². The quantitative estimate of drug-likeness (QED) is 0.472. The van der Waals surface area contributed by atoms with Crippen LogP contribution in [-0.4, -0.2) is 31.1 Å². The minimum atomic E-state index is -2.81. The number of rotatable bonds is 3. The molecular weight excluding hydrogens is 426 g/mol. The van der Waals surface area contributed by atoms with E-state index in [-0.39, 0.29) is 5.65 Å². The summed E-state index contributed by atoms with van der Waals surface area (Å²) in [6.07, 6.45) is 3.42. The Kier molecular flexibility index (Phi) is 5.11. The summed E-state index contributed by atoms with van der Waals surface area (Å²) in [4.78, 5) is 27.5. The number of halogens is 2. The summed E-state index contributed by atoms with van der Waals surface area (Å²) in [5, 5.41) is 4.52.